The number of hydrogen-bond acceptors (Lipinski definition) is 10. The predicted octanol–water partition coefficient (Wildman–Crippen LogP) is 6.50. The molecule has 13 heteroatoms. The van der Waals surface area contributed by atoms with E-state index >= 15 is 0 Å². The lowest BCUT2D eigenvalue weighted by molar-refractivity contribution is -0.385. The van der Waals surface area contributed by atoms with Crippen LogP contribution >= 0.6 is 0 Å². The highest BCUT2D eigenvalue weighted by molar-refractivity contribution is 5.36. The molecule has 0 spiro atoms. The van der Waals surface area contributed by atoms with Crippen LogP contribution in [0, 0.1) is 30.3 Å². The zero-order valence-corrected chi connectivity index (χ0v) is 26.7. The molecule has 0 radical (unpaired) electrons. The van der Waals surface area contributed by atoms with Crippen LogP contribution in [-0.4, -0.2) is 60.6 Å². The van der Waals surface area contributed by atoms with Crippen LogP contribution in [-0.2, 0) is 32.7 Å². The van der Waals surface area contributed by atoms with Crippen molar-refractivity contribution in [3.8, 4) is 0 Å². The zero-order valence-electron chi connectivity index (χ0n) is 26.7. The average Bonchev–Trinajstić information content (AvgIpc) is 3.07. The number of aromatic nitrogens is 1. The van der Waals surface area contributed by atoms with E-state index in [1.165, 1.54) is 18.2 Å². The highest BCUT2D eigenvalue weighted by atomic mass is 16.6. The summed E-state index contributed by atoms with van der Waals surface area (Å²) in [5.41, 5.74) is 4.54. The molecule has 0 N–H and O–H groups in total. The molecular formula is C35H39N7O6. The molecule has 0 unspecified atom stereocenters. The fourth-order valence-corrected chi connectivity index (χ4v) is 6.13. The van der Waals surface area contributed by atoms with E-state index in [-0.39, 0.29) is 31.8 Å². The van der Waals surface area contributed by atoms with Gasteiger partial charge in [0, 0.05) is 75.7 Å². The van der Waals surface area contributed by atoms with Crippen molar-refractivity contribution in [2.45, 2.75) is 52.0 Å². The number of nitro groups is 3. The molecule has 250 valence electrons. The van der Waals surface area contributed by atoms with E-state index in [9.17, 15) is 30.3 Å². The fraction of sp³-hybridized carbons (Fsp3) is 0.343. The summed E-state index contributed by atoms with van der Waals surface area (Å²) >= 11 is 0. The third kappa shape index (κ3) is 10.2. The quantitative estimate of drug-likeness (QED) is 0.145. The Morgan fingerprint density at radius 1 is 0.500 bits per heavy atom. The van der Waals surface area contributed by atoms with Gasteiger partial charge in [-0.05, 0) is 67.7 Å². The summed E-state index contributed by atoms with van der Waals surface area (Å²) in [6, 6.07) is 26.2. The van der Waals surface area contributed by atoms with Gasteiger partial charge in [0.2, 0.25) is 0 Å². The normalized spacial score (nSPS) is 15.7. The first-order valence-electron chi connectivity index (χ1n) is 16.0. The van der Waals surface area contributed by atoms with E-state index < -0.39 is 0 Å². The third-order valence-corrected chi connectivity index (χ3v) is 8.37. The first-order valence-corrected chi connectivity index (χ1v) is 16.0. The van der Waals surface area contributed by atoms with Crippen LogP contribution in [0.1, 0.15) is 47.3 Å². The molecule has 2 bridgehead atoms. The van der Waals surface area contributed by atoms with Crippen LogP contribution in [0.15, 0.2) is 91.0 Å². The molecule has 0 saturated heterocycles. The van der Waals surface area contributed by atoms with Crippen molar-refractivity contribution in [2.24, 2.45) is 0 Å². The minimum absolute atomic E-state index is 0.0536. The molecular weight excluding hydrogens is 614 g/mol. The Morgan fingerprint density at radius 2 is 0.854 bits per heavy atom. The molecule has 0 saturated carbocycles. The van der Waals surface area contributed by atoms with Gasteiger partial charge in [-0.15, -0.1) is 0 Å². The Bertz CT molecular complexity index is 1740. The average molecular weight is 654 g/mol. The SMILES string of the molecule is O=[N+]([O-])c1cccc(CN2CCCCN(Cc3cccc([N+](=O)[O-])c3)Cc3cccc(n3)CN(Cc3cccc([N+](=O)[O-])c3)CCC2)c1. The van der Waals surface area contributed by atoms with Gasteiger partial charge in [-0.1, -0.05) is 42.5 Å². The number of nitro benzene ring substituents is 3. The Labute approximate surface area is 278 Å². The van der Waals surface area contributed by atoms with Gasteiger partial charge in [-0.2, -0.15) is 0 Å². The predicted molar refractivity (Wildman–Crippen MR) is 181 cm³/mol. The maximum Gasteiger partial charge on any atom is 0.269 e. The zero-order chi connectivity index (χ0) is 33.9. The third-order valence-electron chi connectivity index (χ3n) is 8.37. The number of rotatable bonds is 9. The summed E-state index contributed by atoms with van der Waals surface area (Å²) in [5, 5.41) is 34.3. The molecule has 3 aromatic carbocycles. The fourth-order valence-electron chi connectivity index (χ4n) is 6.13. The largest absolute Gasteiger partial charge is 0.299 e. The Balaban J connectivity index is 1.39. The minimum Gasteiger partial charge on any atom is -0.299 e. The summed E-state index contributed by atoms with van der Waals surface area (Å²) in [6.07, 6.45) is 2.60. The van der Waals surface area contributed by atoms with E-state index in [0.717, 1.165) is 73.5 Å². The molecule has 4 aromatic rings. The second-order valence-corrected chi connectivity index (χ2v) is 12.2. The summed E-state index contributed by atoms with van der Waals surface area (Å²) in [6.45, 7) is 5.78. The van der Waals surface area contributed by atoms with E-state index in [1.54, 1.807) is 36.4 Å². The summed E-state index contributed by atoms with van der Waals surface area (Å²) in [7, 11) is 0. The Hall–Kier alpha value is -5.11. The number of non-ortho nitro benzene ring substituents is 3. The van der Waals surface area contributed by atoms with E-state index in [0.29, 0.717) is 32.7 Å². The van der Waals surface area contributed by atoms with Gasteiger partial charge in [-0.3, -0.25) is 50.0 Å². The van der Waals surface area contributed by atoms with E-state index in [2.05, 4.69) is 14.7 Å². The van der Waals surface area contributed by atoms with Crippen LogP contribution in [0.5, 0.6) is 0 Å². The standard InChI is InChI=1S/C35H39N7O6/c43-40(44)33-13-3-8-28(20-33)23-37-16-1-2-17-38(24-29-9-4-14-34(21-29)41(45)46)26-31-11-6-12-32(36-31)27-39(19-7-18-37)25-30-10-5-15-35(22-30)42(47)48/h3-6,8-15,20-22H,1-2,7,16-19,23-27H2. The van der Waals surface area contributed by atoms with Crippen LogP contribution < -0.4 is 0 Å². The number of fused-ring (bicyclic) bond motifs is 2. The summed E-state index contributed by atoms with van der Waals surface area (Å²) < 4.78 is 0. The van der Waals surface area contributed by atoms with Crippen molar-refractivity contribution < 1.29 is 14.8 Å². The van der Waals surface area contributed by atoms with Crippen molar-refractivity contribution in [1.82, 2.24) is 19.7 Å². The molecule has 5 rings (SSSR count). The Kier molecular flexibility index (Phi) is 11.9. The summed E-state index contributed by atoms with van der Waals surface area (Å²) in [5.74, 6) is 0. The van der Waals surface area contributed by atoms with Crippen molar-refractivity contribution in [2.75, 3.05) is 26.2 Å². The number of hydrogen-bond donors (Lipinski definition) is 0. The summed E-state index contributed by atoms with van der Waals surface area (Å²) in [4.78, 5) is 45.0. The van der Waals surface area contributed by atoms with Crippen molar-refractivity contribution in [1.29, 1.82) is 0 Å². The maximum absolute atomic E-state index is 11.4. The van der Waals surface area contributed by atoms with Gasteiger partial charge < -0.3 is 0 Å². The molecule has 1 aromatic heterocycles. The molecule has 0 aliphatic carbocycles. The van der Waals surface area contributed by atoms with E-state index in [1.807, 2.05) is 36.4 Å². The highest BCUT2D eigenvalue weighted by Gasteiger charge is 2.17. The lowest BCUT2D eigenvalue weighted by Gasteiger charge is -2.26. The molecule has 1 aliphatic heterocycles. The topological polar surface area (TPSA) is 152 Å². The van der Waals surface area contributed by atoms with Crippen molar-refractivity contribution >= 4 is 17.1 Å². The molecule has 13 nitrogen and oxygen atoms in total. The lowest BCUT2D eigenvalue weighted by Crippen LogP contribution is -2.31. The van der Waals surface area contributed by atoms with Crippen molar-refractivity contribution in [3.63, 3.8) is 0 Å². The number of pyridine rings is 1. The van der Waals surface area contributed by atoms with Gasteiger partial charge in [0.25, 0.3) is 17.1 Å². The van der Waals surface area contributed by atoms with Crippen LogP contribution in [0.3, 0.4) is 0 Å². The molecule has 2 heterocycles. The van der Waals surface area contributed by atoms with Crippen LogP contribution in [0.2, 0.25) is 0 Å². The minimum atomic E-state index is -0.383. The monoisotopic (exact) mass is 653 g/mol. The van der Waals surface area contributed by atoms with Crippen LogP contribution in [0.25, 0.3) is 0 Å². The molecule has 0 fully saturated rings. The Morgan fingerprint density at radius 3 is 1.29 bits per heavy atom. The number of benzene rings is 3. The first-order chi connectivity index (χ1) is 23.2. The molecule has 48 heavy (non-hydrogen) atoms. The maximum atomic E-state index is 11.4. The first kappa shape index (κ1) is 34.2. The van der Waals surface area contributed by atoms with Crippen molar-refractivity contribution in [3.05, 3.63) is 149 Å². The number of nitrogens with zero attached hydrogens (tertiary/aromatic N) is 7. The molecule has 1 aliphatic rings. The lowest BCUT2D eigenvalue weighted by atomic mass is 10.1. The molecule has 0 amide bonds. The van der Waals surface area contributed by atoms with Gasteiger partial charge in [-0.25, -0.2) is 0 Å². The second kappa shape index (κ2) is 16.6. The van der Waals surface area contributed by atoms with Crippen LogP contribution in [0.4, 0.5) is 17.1 Å². The van der Waals surface area contributed by atoms with E-state index in [4.69, 9.17) is 4.98 Å². The highest BCUT2D eigenvalue weighted by Crippen LogP contribution is 2.20. The van der Waals surface area contributed by atoms with Gasteiger partial charge >= 0.3 is 0 Å². The van der Waals surface area contributed by atoms with Gasteiger partial charge in [0.05, 0.1) is 26.2 Å². The molecule has 0 atom stereocenters. The van der Waals surface area contributed by atoms with Gasteiger partial charge in [0.15, 0.2) is 0 Å². The smallest absolute Gasteiger partial charge is 0.269 e. The second-order valence-electron chi connectivity index (χ2n) is 12.2. The van der Waals surface area contributed by atoms with Gasteiger partial charge in [0.1, 0.15) is 0 Å².